The number of nitrogens with zero attached hydrogens (tertiary/aromatic N) is 1. The third-order valence-corrected chi connectivity index (χ3v) is 4.43. The summed E-state index contributed by atoms with van der Waals surface area (Å²) in [6.07, 6.45) is 1.93. The fourth-order valence-electron chi connectivity index (χ4n) is 1.81. The molecule has 2 rings (SSSR count). The Morgan fingerprint density at radius 3 is 2.65 bits per heavy atom. The molecule has 1 heterocycles. The molecular formula is C13H15BrN2S. The average Bonchev–Trinajstić information content (AvgIpc) is 2.82. The molecule has 0 aliphatic carbocycles. The first-order valence-electron chi connectivity index (χ1n) is 5.57. The molecule has 1 N–H and O–H groups in total. The lowest BCUT2D eigenvalue weighted by Crippen LogP contribution is -2.22. The van der Waals surface area contributed by atoms with E-state index in [1.807, 2.05) is 17.8 Å². The smallest absolute Gasteiger partial charge is 0.0794 e. The van der Waals surface area contributed by atoms with Gasteiger partial charge in [0.15, 0.2) is 0 Å². The zero-order valence-corrected chi connectivity index (χ0v) is 12.3. The molecule has 0 bridgehead atoms. The SMILES string of the molecule is CC(N[C@@H](C)c1ccccc1Br)c1cncs1. The van der Waals surface area contributed by atoms with Crippen LogP contribution in [0, 0.1) is 0 Å². The summed E-state index contributed by atoms with van der Waals surface area (Å²) in [7, 11) is 0. The van der Waals surface area contributed by atoms with Crippen molar-refractivity contribution in [2.75, 3.05) is 0 Å². The molecule has 0 fully saturated rings. The van der Waals surface area contributed by atoms with Crippen molar-refractivity contribution in [2.24, 2.45) is 0 Å². The van der Waals surface area contributed by atoms with E-state index in [4.69, 9.17) is 0 Å². The van der Waals surface area contributed by atoms with Gasteiger partial charge in [-0.25, -0.2) is 0 Å². The molecule has 0 radical (unpaired) electrons. The van der Waals surface area contributed by atoms with Gasteiger partial charge in [0, 0.05) is 27.6 Å². The fraction of sp³-hybridized carbons (Fsp3) is 0.308. The van der Waals surface area contributed by atoms with Crippen LogP contribution in [-0.4, -0.2) is 4.98 Å². The molecule has 1 aromatic carbocycles. The van der Waals surface area contributed by atoms with Gasteiger partial charge in [-0.05, 0) is 25.5 Å². The van der Waals surface area contributed by atoms with Crippen molar-refractivity contribution >= 4 is 27.3 Å². The Kier molecular flexibility index (Phi) is 4.31. The summed E-state index contributed by atoms with van der Waals surface area (Å²) in [5.41, 5.74) is 3.15. The van der Waals surface area contributed by atoms with Crippen LogP contribution in [0.25, 0.3) is 0 Å². The van der Waals surface area contributed by atoms with E-state index in [-0.39, 0.29) is 0 Å². The Morgan fingerprint density at radius 1 is 1.24 bits per heavy atom. The van der Waals surface area contributed by atoms with Gasteiger partial charge >= 0.3 is 0 Å². The number of benzene rings is 1. The van der Waals surface area contributed by atoms with Crippen LogP contribution in [0.15, 0.2) is 40.4 Å². The second-order valence-corrected chi connectivity index (χ2v) is 5.81. The number of nitrogens with one attached hydrogen (secondary N) is 1. The molecule has 2 nitrogen and oxygen atoms in total. The Bertz CT molecular complexity index is 470. The maximum Gasteiger partial charge on any atom is 0.0794 e. The van der Waals surface area contributed by atoms with E-state index in [0.717, 1.165) is 4.47 Å². The van der Waals surface area contributed by atoms with Crippen LogP contribution in [0.3, 0.4) is 0 Å². The predicted molar refractivity (Wildman–Crippen MR) is 76.2 cm³/mol. The number of rotatable bonds is 4. The largest absolute Gasteiger partial charge is 0.303 e. The Balaban J connectivity index is 2.07. The highest BCUT2D eigenvalue weighted by molar-refractivity contribution is 9.10. The minimum absolute atomic E-state index is 0.308. The number of hydrogen-bond acceptors (Lipinski definition) is 3. The Labute approximate surface area is 114 Å². The van der Waals surface area contributed by atoms with Gasteiger partial charge in [-0.3, -0.25) is 4.98 Å². The van der Waals surface area contributed by atoms with Crippen molar-refractivity contribution in [1.29, 1.82) is 0 Å². The first-order chi connectivity index (χ1) is 8.18. The molecule has 1 aromatic heterocycles. The molecule has 4 heteroatoms. The van der Waals surface area contributed by atoms with E-state index in [0.29, 0.717) is 12.1 Å². The highest BCUT2D eigenvalue weighted by Gasteiger charge is 2.13. The molecule has 17 heavy (non-hydrogen) atoms. The summed E-state index contributed by atoms with van der Waals surface area (Å²) in [5.74, 6) is 0. The number of thiazole rings is 1. The maximum atomic E-state index is 4.11. The number of aromatic nitrogens is 1. The summed E-state index contributed by atoms with van der Waals surface area (Å²) >= 11 is 5.27. The minimum Gasteiger partial charge on any atom is -0.303 e. The van der Waals surface area contributed by atoms with Crippen molar-refractivity contribution in [2.45, 2.75) is 25.9 Å². The molecular weight excluding hydrogens is 296 g/mol. The van der Waals surface area contributed by atoms with Crippen molar-refractivity contribution in [3.8, 4) is 0 Å². The first kappa shape index (κ1) is 12.7. The number of halogens is 1. The zero-order chi connectivity index (χ0) is 12.3. The highest BCUT2D eigenvalue weighted by atomic mass is 79.9. The van der Waals surface area contributed by atoms with Gasteiger partial charge in [-0.15, -0.1) is 11.3 Å². The van der Waals surface area contributed by atoms with Gasteiger partial charge in [-0.1, -0.05) is 34.1 Å². The maximum absolute atomic E-state index is 4.11. The van der Waals surface area contributed by atoms with Crippen LogP contribution < -0.4 is 5.32 Å². The summed E-state index contributed by atoms with van der Waals surface area (Å²) in [5, 5.41) is 3.58. The third kappa shape index (κ3) is 3.15. The summed E-state index contributed by atoms with van der Waals surface area (Å²) in [6, 6.07) is 8.95. The van der Waals surface area contributed by atoms with Gasteiger partial charge in [-0.2, -0.15) is 0 Å². The molecule has 1 unspecified atom stereocenters. The van der Waals surface area contributed by atoms with Gasteiger partial charge in [0.05, 0.1) is 5.51 Å². The van der Waals surface area contributed by atoms with Gasteiger partial charge in [0.2, 0.25) is 0 Å². The number of hydrogen-bond donors (Lipinski definition) is 1. The van der Waals surface area contributed by atoms with Crippen LogP contribution in [0.4, 0.5) is 0 Å². The van der Waals surface area contributed by atoms with Crippen LogP contribution in [-0.2, 0) is 0 Å². The molecule has 90 valence electrons. The highest BCUT2D eigenvalue weighted by Crippen LogP contribution is 2.26. The second-order valence-electron chi connectivity index (χ2n) is 4.04. The Morgan fingerprint density at radius 2 is 2.00 bits per heavy atom. The quantitative estimate of drug-likeness (QED) is 0.909. The third-order valence-electron chi connectivity index (χ3n) is 2.75. The molecule has 2 atom stereocenters. The monoisotopic (exact) mass is 310 g/mol. The van der Waals surface area contributed by atoms with E-state index >= 15 is 0 Å². The lowest BCUT2D eigenvalue weighted by atomic mass is 10.1. The predicted octanol–water partition coefficient (Wildman–Crippen LogP) is 4.32. The zero-order valence-electron chi connectivity index (χ0n) is 9.85. The van der Waals surface area contributed by atoms with Crippen molar-refractivity contribution in [3.63, 3.8) is 0 Å². The van der Waals surface area contributed by atoms with Gasteiger partial charge < -0.3 is 5.32 Å². The topological polar surface area (TPSA) is 24.9 Å². The van der Waals surface area contributed by atoms with E-state index < -0.39 is 0 Å². The first-order valence-corrected chi connectivity index (χ1v) is 7.24. The van der Waals surface area contributed by atoms with E-state index in [1.165, 1.54) is 10.4 Å². The standard InChI is InChI=1S/C13H15BrN2S/c1-9(11-5-3-4-6-12(11)14)16-10(2)13-7-15-8-17-13/h3-10,16H,1-2H3/t9-,10?/m0/s1. The van der Waals surface area contributed by atoms with Crippen LogP contribution in [0.2, 0.25) is 0 Å². The summed E-state index contributed by atoms with van der Waals surface area (Å²) in [6.45, 7) is 4.35. The van der Waals surface area contributed by atoms with Gasteiger partial charge in [0.1, 0.15) is 0 Å². The van der Waals surface area contributed by atoms with Crippen molar-refractivity contribution in [1.82, 2.24) is 10.3 Å². The van der Waals surface area contributed by atoms with Crippen molar-refractivity contribution in [3.05, 3.63) is 50.9 Å². The fourth-order valence-corrected chi connectivity index (χ4v) is 3.08. The molecule has 0 saturated heterocycles. The molecule has 0 saturated carbocycles. The van der Waals surface area contributed by atoms with E-state index in [1.54, 1.807) is 11.3 Å². The van der Waals surface area contributed by atoms with Crippen LogP contribution in [0.5, 0.6) is 0 Å². The molecule has 0 aliphatic heterocycles. The van der Waals surface area contributed by atoms with E-state index in [2.05, 4.69) is 58.3 Å². The molecule has 0 spiro atoms. The second kappa shape index (κ2) is 5.76. The van der Waals surface area contributed by atoms with Crippen molar-refractivity contribution < 1.29 is 0 Å². The minimum atomic E-state index is 0.308. The lowest BCUT2D eigenvalue weighted by Gasteiger charge is -2.20. The van der Waals surface area contributed by atoms with Crippen LogP contribution in [0.1, 0.15) is 36.4 Å². The summed E-state index contributed by atoms with van der Waals surface area (Å²) in [4.78, 5) is 5.38. The molecule has 2 aromatic rings. The van der Waals surface area contributed by atoms with Crippen LogP contribution >= 0.6 is 27.3 Å². The summed E-state index contributed by atoms with van der Waals surface area (Å²) < 4.78 is 1.15. The average molecular weight is 311 g/mol. The molecule has 0 aliphatic rings. The lowest BCUT2D eigenvalue weighted by molar-refractivity contribution is 0.498. The Hall–Kier alpha value is -0.710. The normalized spacial score (nSPS) is 14.5. The molecule has 0 amide bonds. The van der Waals surface area contributed by atoms with E-state index in [9.17, 15) is 0 Å². The van der Waals surface area contributed by atoms with Gasteiger partial charge in [0.25, 0.3) is 0 Å².